The van der Waals surface area contributed by atoms with Gasteiger partial charge in [-0.1, -0.05) is 42.1 Å². The van der Waals surface area contributed by atoms with Crippen molar-refractivity contribution < 1.29 is 18.7 Å². The Morgan fingerprint density at radius 1 is 1.09 bits per heavy atom. The summed E-state index contributed by atoms with van der Waals surface area (Å²) in [5, 5.41) is 12.1. The normalized spacial score (nSPS) is 10.8. The molecule has 34 heavy (non-hydrogen) atoms. The number of nitrogens with zero attached hydrogens (tertiary/aromatic N) is 3. The number of thioether (sulfide) groups is 1. The van der Waals surface area contributed by atoms with E-state index in [-0.39, 0.29) is 17.5 Å². The largest absolute Gasteiger partial charge is 0.465 e. The van der Waals surface area contributed by atoms with Crippen LogP contribution in [0, 0.1) is 12.7 Å². The van der Waals surface area contributed by atoms with Crippen LogP contribution in [-0.2, 0) is 16.6 Å². The van der Waals surface area contributed by atoms with Crippen LogP contribution >= 0.6 is 23.1 Å². The number of rotatable bonds is 7. The van der Waals surface area contributed by atoms with E-state index in [0.29, 0.717) is 21.5 Å². The summed E-state index contributed by atoms with van der Waals surface area (Å²) in [5.41, 5.74) is 2.68. The summed E-state index contributed by atoms with van der Waals surface area (Å²) in [5.74, 6) is -0.501. The summed E-state index contributed by atoms with van der Waals surface area (Å²) in [7, 11) is 3.10. The number of esters is 1. The van der Waals surface area contributed by atoms with Gasteiger partial charge in [-0.3, -0.25) is 4.79 Å². The zero-order chi connectivity index (χ0) is 24.2. The van der Waals surface area contributed by atoms with Gasteiger partial charge in [0.1, 0.15) is 16.4 Å². The highest BCUT2D eigenvalue weighted by Gasteiger charge is 2.25. The predicted molar refractivity (Wildman–Crippen MR) is 132 cm³/mol. The van der Waals surface area contributed by atoms with Gasteiger partial charge in [0.25, 0.3) is 0 Å². The number of aromatic nitrogens is 3. The van der Waals surface area contributed by atoms with Crippen molar-refractivity contribution in [1.82, 2.24) is 14.8 Å². The molecule has 0 spiro atoms. The standard InChI is InChI=1S/C24H21FN4O3S2/c1-14-19(15-7-5-4-6-8-15)20(23(31)32-3)22(34-14)26-18(30)13-33-24-28-27-21(29(24)2)16-9-11-17(25)12-10-16/h4-12H,13H2,1-3H3,(H,26,30). The second-order valence-corrected chi connectivity index (χ2v) is 9.47. The van der Waals surface area contributed by atoms with E-state index in [1.54, 1.807) is 23.7 Å². The molecule has 4 rings (SSSR count). The Labute approximate surface area is 204 Å². The van der Waals surface area contributed by atoms with Crippen molar-refractivity contribution in [1.29, 1.82) is 0 Å². The molecule has 7 nitrogen and oxygen atoms in total. The van der Waals surface area contributed by atoms with Gasteiger partial charge in [-0.25, -0.2) is 9.18 Å². The number of hydrogen-bond donors (Lipinski definition) is 1. The van der Waals surface area contributed by atoms with Crippen LogP contribution in [0.25, 0.3) is 22.5 Å². The number of thiophene rings is 1. The van der Waals surface area contributed by atoms with Crippen LogP contribution in [0.2, 0.25) is 0 Å². The summed E-state index contributed by atoms with van der Waals surface area (Å²) in [6, 6.07) is 15.5. The molecule has 2 heterocycles. The maximum atomic E-state index is 13.2. The van der Waals surface area contributed by atoms with Gasteiger partial charge in [0.2, 0.25) is 5.91 Å². The molecular formula is C24H21FN4O3S2. The molecule has 174 valence electrons. The lowest BCUT2D eigenvalue weighted by Crippen LogP contribution is -2.16. The molecule has 0 aliphatic carbocycles. The third-order valence-electron chi connectivity index (χ3n) is 5.06. The zero-order valence-corrected chi connectivity index (χ0v) is 20.3. The highest BCUT2D eigenvalue weighted by Crippen LogP contribution is 2.40. The van der Waals surface area contributed by atoms with E-state index in [1.807, 2.05) is 37.3 Å². The first kappa shape index (κ1) is 23.7. The van der Waals surface area contributed by atoms with Gasteiger partial charge in [-0.05, 0) is 36.8 Å². The van der Waals surface area contributed by atoms with Gasteiger partial charge in [-0.2, -0.15) is 0 Å². The molecule has 0 radical (unpaired) electrons. The van der Waals surface area contributed by atoms with E-state index in [9.17, 15) is 14.0 Å². The molecule has 0 bridgehead atoms. The highest BCUT2D eigenvalue weighted by molar-refractivity contribution is 7.99. The van der Waals surface area contributed by atoms with Crippen LogP contribution < -0.4 is 5.32 Å². The fraction of sp³-hybridized carbons (Fsp3) is 0.167. The van der Waals surface area contributed by atoms with E-state index >= 15 is 0 Å². The Morgan fingerprint density at radius 2 is 1.79 bits per heavy atom. The number of benzene rings is 2. The SMILES string of the molecule is COC(=O)c1c(NC(=O)CSc2nnc(-c3ccc(F)cc3)n2C)sc(C)c1-c1ccccc1. The number of ether oxygens (including phenoxy) is 1. The third kappa shape index (κ3) is 4.87. The fourth-order valence-electron chi connectivity index (χ4n) is 3.47. The van der Waals surface area contributed by atoms with Crippen LogP contribution in [0.1, 0.15) is 15.2 Å². The summed E-state index contributed by atoms with van der Waals surface area (Å²) < 4.78 is 19.9. The number of aryl methyl sites for hydroxylation is 1. The fourth-order valence-corrected chi connectivity index (χ4v) is 5.26. The van der Waals surface area contributed by atoms with E-state index in [2.05, 4.69) is 15.5 Å². The Kier molecular flexibility index (Phi) is 7.09. The molecule has 1 N–H and O–H groups in total. The molecule has 0 fully saturated rings. The van der Waals surface area contributed by atoms with E-state index in [0.717, 1.165) is 21.6 Å². The van der Waals surface area contributed by atoms with Gasteiger partial charge < -0.3 is 14.6 Å². The molecule has 0 aliphatic rings. The van der Waals surface area contributed by atoms with Crippen molar-refractivity contribution in [3.63, 3.8) is 0 Å². The van der Waals surface area contributed by atoms with Crippen molar-refractivity contribution in [2.45, 2.75) is 12.1 Å². The number of anilines is 1. The lowest BCUT2D eigenvalue weighted by atomic mass is 10.0. The van der Waals surface area contributed by atoms with Crippen LogP contribution in [0.5, 0.6) is 0 Å². The van der Waals surface area contributed by atoms with Gasteiger partial charge in [0.05, 0.1) is 12.9 Å². The summed E-state index contributed by atoms with van der Waals surface area (Å²) in [6.45, 7) is 1.90. The van der Waals surface area contributed by atoms with Gasteiger partial charge >= 0.3 is 5.97 Å². The minimum atomic E-state index is -0.511. The minimum absolute atomic E-state index is 0.0631. The molecule has 0 saturated heterocycles. The van der Waals surface area contributed by atoms with E-state index < -0.39 is 5.97 Å². The quantitative estimate of drug-likeness (QED) is 0.280. The third-order valence-corrected chi connectivity index (χ3v) is 7.10. The summed E-state index contributed by atoms with van der Waals surface area (Å²) >= 11 is 2.54. The van der Waals surface area contributed by atoms with Crippen LogP contribution in [0.3, 0.4) is 0 Å². The number of hydrogen-bond acceptors (Lipinski definition) is 7. The van der Waals surface area contributed by atoms with Crippen molar-refractivity contribution in [2.24, 2.45) is 7.05 Å². The predicted octanol–water partition coefficient (Wildman–Crippen LogP) is 5.18. The molecular weight excluding hydrogens is 475 g/mol. The molecule has 2 aromatic heterocycles. The maximum absolute atomic E-state index is 13.2. The zero-order valence-electron chi connectivity index (χ0n) is 18.7. The molecule has 0 unspecified atom stereocenters. The Balaban J connectivity index is 1.51. The average molecular weight is 497 g/mol. The Morgan fingerprint density at radius 3 is 2.47 bits per heavy atom. The second kappa shape index (κ2) is 10.2. The molecule has 4 aromatic rings. The van der Waals surface area contributed by atoms with Crippen molar-refractivity contribution >= 4 is 40.0 Å². The molecule has 2 aromatic carbocycles. The molecule has 1 amide bonds. The Hall–Kier alpha value is -3.50. The van der Waals surface area contributed by atoms with Crippen LogP contribution in [0.15, 0.2) is 59.8 Å². The van der Waals surface area contributed by atoms with Crippen molar-refractivity contribution in [3.05, 3.63) is 70.9 Å². The Bertz CT molecular complexity index is 1330. The number of nitrogens with one attached hydrogen (secondary N) is 1. The maximum Gasteiger partial charge on any atom is 0.341 e. The van der Waals surface area contributed by atoms with Crippen molar-refractivity contribution in [3.8, 4) is 22.5 Å². The average Bonchev–Trinajstić information content (AvgIpc) is 3.37. The summed E-state index contributed by atoms with van der Waals surface area (Å²) in [4.78, 5) is 26.2. The topological polar surface area (TPSA) is 86.1 Å². The number of carbonyl (C=O) groups is 2. The number of methoxy groups -OCH3 is 1. The van der Waals surface area contributed by atoms with Crippen LogP contribution in [-0.4, -0.2) is 39.5 Å². The molecule has 0 atom stereocenters. The molecule has 0 saturated carbocycles. The summed E-state index contributed by atoms with van der Waals surface area (Å²) in [6.07, 6.45) is 0. The lowest BCUT2D eigenvalue weighted by molar-refractivity contribution is -0.113. The first-order valence-corrected chi connectivity index (χ1v) is 12.0. The van der Waals surface area contributed by atoms with Gasteiger partial charge in [0, 0.05) is 23.1 Å². The molecule has 10 heteroatoms. The molecule has 0 aliphatic heterocycles. The first-order chi connectivity index (χ1) is 16.4. The van der Waals surface area contributed by atoms with E-state index in [4.69, 9.17) is 4.74 Å². The second-order valence-electron chi connectivity index (χ2n) is 7.30. The monoisotopic (exact) mass is 496 g/mol. The smallest absolute Gasteiger partial charge is 0.341 e. The van der Waals surface area contributed by atoms with E-state index in [1.165, 1.54) is 42.3 Å². The van der Waals surface area contributed by atoms with Crippen molar-refractivity contribution in [2.75, 3.05) is 18.2 Å². The minimum Gasteiger partial charge on any atom is -0.465 e. The number of carbonyl (C=O) groups excluding carboxylic acids is 2. The first-order valence-electron chi connectivity index (χ1n) is 10.2. The highest BCUT2D eigenvalue weighted by atomic mass is 32.2. The van der Waals surface area contributed by atoms with Crippen LogP contribution in [0.4, 0.5) is 9.39 Å². The number of halogens is 1. The lowest BCUT2D eigenvalue weighted by Gasteiger charge is -2.08. The van der Waals surface area contributed by atoms with Gasteiger partial charge in [0.15, 0.2) is 11.0 Å². The van der Waals surface area contributed by atoms with Gasteiger partial charge in [-0.15, -0.1) is 21.5 Å². The number of amides is 1.